The van der Waals surface area contributed by atoms with E-state index in [-0.39, 0.29) is 9.52 Å². The Morgan fingerprint density at radius 2 is 1.45 bits per heavy atom. The van der Waals surface area contributed by atoms with Gasteiger partial charge in [0.1, 0.15) is 0 Å². The van der Waals surface area contributed by atoms with Crippen LogP contribution in [-0.2, 0) is 0 Å². The summed E-state index contributed by atoms with van der Waals surface area (Å²) in [5, 5.41) is 0. The van der Waals surface area contributed by atoms with Crippen LogP contribution in [0.4, 0.5) is 0 Å². The molecule has 2 nitrogen and oxygen atoms in total. The van der Waals surface area contributed by atoms with Gasteiger partial charge in [-0.15, -0.1) is 6.58 Å². The molecule has 116 valence electrons. The minimum absolute atomic E-state index is 0.138. The third-order valence-electron chi connectivity index (χ3n) is 4.98. The summed E-state index contributed by atoms with van der Waals surface area (Å²) >= 11 is 0. The molecular weight excluding hydrogens is 260 g/mol. The van der Waals surface area contributed by atoms with Gasteiger partial charge in [0.15, 0.2) is 0 Å². The second-order valence-corrected chi connectivity index (χ2v) is 8.94. The van der Waals surface area contributed by atoms with Crippen LogP contribution >= 0.6 is 0 Å². The molecule has 0 amide bonds. The van der Waals surface area contributed by atoms with Crippen LogP contribution in [0.15, 0.2) is 12.2 Å². The highest BCUT2D eigenvalue weighted by molar-refractivity contribution is 6.36. The standard InChI is InChI=1S/C17H34N2Si/c1-3-20-15-16(2)14-17(18-10-6-4-7-11-18)19-12-8-5-9-13-19/h17H,2-15,20H2,1H3. The number of hydrogen-bond donors (Lipinski definition) is 0. The Hall–Kier alpha value is -0.123. The molecule has 0 radical (unpaired) electrons. The first kappa shape index (κ1) is 16.3. The fourth-order valence-corrected chi connectivity index (χ4v) is 4.77. The van der Waals surface area contributed by atoms with Crippen molar-refractivity contribution in [2.24, 2.45) is 0 Å². The lowest BCUT2D eigenvalue weighted by Crippen LogP contribution is -2.52. The van der Waals surface area contributed by atoms with E-state index in [4.69, 9.17) is 0 Å². The molecular formula is C17H34N2Si. The van der Waals surface area contributed by atoms with E-state index in [9.17, 15) is 0 Å². The zero-order chi connectivity index (χ0) is 14.2. The Balaban J connectivity index is 1.92. The molecule has 2 rings (SSSR count). The highest BCUT2D eigenvalue weighted by Gasteiger charge is 2.27. The minimum Gasteiger partial charge on any atom is -0.288 e. The maximum atomic E-state index is 4.40. The topological polar surface area (TPSA) is 6.48 Å². The molecule has 0 aliphatic carbocycles. The number of hydrogen-bond acceptors (Lipinski definition) is 2. The first-order valence-electron chi connectivity index (χ1n) is 8.96. The zero-order valence-corrected chi connectivity index (χ0v) is 15.0. The number of nitrogens with zero attached hydrogens (tertiary/aromatic N) is 2. The Kier molecular flexibility index (Phi) is 7.32. The molecule has 2 aliphatic heterocycles. The summed E-state index contributed by atoms with van der Waals surface area (Å²) in [5.41, 5.74) is 1.54. The van der Waals surface area contributed by atoms with Crippen molar-refractivity contribution in [1.29, 1.82) is 0 Å². The van der Waals surface area contributed by atoms with Crippen molar-refractivity contribution < 1.29 is 0 Å². The summed E-state index contributed by atoms with van der Waals surface area (Å²) in [6.45, 7) is 12.0. The average molecular weight is 295 g/mol. The molecule has 20 heavy (non-hydrogen) atoms. The molecule has 2 fully saturated rings. The average Bonchev–Trinajstić information content (AvgIpc) is 2.52. The van der Waals surface area contributed by atoms with Crippen LogP contribution in [0.2, 0.25) is 12.1 Å². The zero-order valence-electron chi connectivity index (χ0n) is 13.6. The molecule has 0 aromatic rings. The van der Waals surface area contributed by atoms with E-state index in [2.05, 4.69) is 23.3 Å². The summed E-state index contributed by atoms with van der Waals surface area (Å²) in [7, 11) is 0.138. The minimum atomic E-state index is 0.138. The van der Waals surface area contributed by atoms with Crippen LogP contribution in [-0.4, -0.2) is 51.7 Å². The fourth-order valence-electron chi connectivity index (χ4n) is 3.71. The van der Waals surface area contributed by atoms with E-state index in [1.807, 2.05) is 0 Å². The maximum Gasteiger partial charge on any atom is 0.0660 e. The number of rotatable bonds is 7. The van der Waals surface area contributed by atoms with Crippen molar-refractivity contribution >= 4 is 9.52 Å². The van der Waals surface area contributed by atoms with Crippen molar-refractivity contribution in [3.63, 3.8) is 0 Å². The van der Waals surface area contributed by atoms with Gasteiger partial charge in [0.05, 0.1) is 6.17 Å². The lowest BCUT2D eigenvalue weighted by Gasteiger charge is -2.43. The van der Waals surface area contributed by atoms with E-state index in [1.54, 1.807) is 5.57 Å². The van der Waals surface area contributed by atoms with Crippen LogP contribution in [0.1, 0.15) is 51.9 Å². The Morgan fingerprint density at radius 1 is 0.950 bits per heavy atom. The first-order valence-corrected chi connectivity index (χ1v) is 11.0. The smallest absolute Gasteiger partial charge is 0.0660 e. The molecule has 0 spiro atoms. The van der Waals surface area contributed by atoms with Crippen LogP contribution < -0.4 is 0 Å². The van der Waals surface area contributed by atoms with E-state index < -0.39 is 0 Å². The van der Waals surface area contributed by atoms with Gasteiger partial charge in [0, 0.05) is 9.52 Å². The van der Waals surface area contributed by atoms with Gasteiger partial charge in [-0.3, -0.25) is 9.80 Å². The van der Waals surface area contributed by atoms with Gasteiger partial charge in [-0.05, 0) is 64.3 Å². The predicted molar refractivity (Wildman–Crippen MR) is 92.2 cm³/mol. The van der Waals surface area contributed by atoms with E-state index in [1.165, 1.54) is 83.2 Å². The molecule has 0 N–H and O–H groups in total. The molecule has 0 saturated carbocycles. The molecule has 0 atom stereocenters. The van der Waals surface area contributed by atoms with Crippen molar-refractivity contribution in [3.05, 3.63) is 12.2 Å². The van der Waals surface area contributed by atoms with Crippen molar-refractivity contribution in [2.45, 2.75) is 70.1 Å². The van der Waals surface area contributed by atoms with Gasteiger partial charge in [-0.1, -0.05) is 31.4 Å². The third kappa shape index (κ3) is 5.01. The predicted octanol–water partition coefficient (Wildman–Crippen LogP) is 3.26. The third-order valence-corrected chi connectivity index (χ3v) is 6.75. The molecule has 0 aromatic heterocycles. The molecule has 0 bridgehead atoms. The molecule has 2 heterocycles. The monoisotopic (exact) mass is 294 g/mol. The van der Waals surface area contributed by atoms with E-state index in [0.717, 1.165) is 0 Å². The molecule has 0 aromatic carbocycles. The second kappa shape index (κ2) is 9.01. The summed E-state index contributed by atoms with van der Waals surface area (Å²) in [6.07, 6.45) is 10.4. The van der Waals surface area contributed by atoms with Crippen LogP contribution in [0.5, 0.6) is 0 Å². The summed E-state index contributed by atoms with van der Waals surface area (Å²) in [6, 6.07) is 2.80. The van der Waals surface area contributed by atoms with Gasteiger partial charge in [0.2, 0.25) is 0 Å². The number of piperidine rings is 2. The fraction of sp³-hybridized carbons (Fsp3) is 0.882. The Labute approximate surface area is 128 Å². The lowest BCUT2D eigenvalue weighted by atomic mass is 10.0. The van der Waals surface area contributed by atoms with Gasteiger partial charge >= 0.3 is 0 Å². The van der Waals surface area contributed by atoms with Crippen molar-refractivity contribution in [1.82, 2.24) is 9.80 Å². The van der Waals surface area contributed by atoms with Gasteiger partial charge in [0.25, 0.3) is 0 Å². The van der Waals surface area contributed by atoms with Crippen molar-refractivity contribution in [3.8, 4) is 0 Å². The molecule has 0 unspecified atom stereocenters. The maximum absolute atomic E-state index is 4.40. The summed E-state index contributed by atoms with van der Waals surface area (Å²) in [5.74, 6) is 0. The van der Waals surface area contributed by atoms with Gasteiger partial charge in [-0.2, -0.15) is 0 Å². The Bertz CT molecular complexity index is 263. The van der Waals surface area contributed by atoms with Gasteiger partial charge in [-0.25, -0.2) is 0 Å². The molecule has 3 heteroatoms. The molecule has 2 saturated heterocycles. The lowest BCUT2D eigenvalue weighted by molar-refractivity contribution is 0.0175. The highest BCUT2D eigenvalue weighted by Crippen LogP contribution is 2.24. The number of likely N-dealkylation sites (tertiary alicyclic amines) is 2. The van der Waals surface area contributed by atoms with Crippen LogP contribution in [0.25, 0.3) is 0 Å². The Morgan fingerprint density at radius 3 is 1.90 bits per heavy atom. The SMILES string of the molecule is C=C(C[SiH2]CC)CC(N1CCCCC1)N1CCCCC1. The van der Waals surface area contributed by atoms with Crippen molar-refractivity contribution in [2.75, 3.05) is 26.2 Å². The van der Waals surface area contributed by atoms with E-state index >= 15 is 0 Å². The van der Waals surface area contributed by atoms with Crippen LogP contribution in [0, 0.1) is 0 Å². The van der Waals surface area contributed by atoms with Crippen LogP contribution in [0.3, 0.4) is 0 Å². The first-order chi connectivity index (χ1) is 9.81. The normalized spacial score (nSPS) is 22.9. The molecule has 2 aliphatic rings. The van der Waals surface area contributed by atoms with Gasteiger partial charge < -0.3 is 0 Å². The second-order valence-electron chi connectivity index (χ2n) is 6.73. The quantitative estimate of drug-likeness (QED) is 0.525. The highest BCUT2D eigenvalue weighted by atomic mass is 28.2. The van der Waals surface area contributed by atoms with E-state index in [0.29, 0.717) is 6.17 Å². The summed E-state index contributed by atoms with van der Waals surface area (Å²) in [4.78, 5) is 5.54. The largest absolute Gasteiger partial charge is 0.288 e. The summed E-state index contributed by atoms with van der Waals surface area (Å²) < 4.78 is 0.